The lowest BCUT2D eigenvalue weighted by atomic mass is 10.1. The van der Waals surface area contributed by atoms with Gasteiger partial charge in [-0.25, -0.2) is 4.79 Å². The molecule has 0 fully saturated rings. The Balaban J connectivity index is 1.47. The molecule has 3 aromatic rings. The number of carbonyl (C=O) groups excluding carboxylic acids is 2. The molecule has 0 bridgehead atoms. The predicted octanol–water partition coefficient (Wildman–Crippen LogP) is 5.73. The van der Waals surface area contributed by atoms with Gasteiger partial charge in [-0.15, -0.1) is 11.8 Å². The molecule has 6 nitrogen and oxygen atoms in total. The highest BCUT2D eigenvalue weighted by Crippen LogP contribution is 2.38. The van der Waals surface area contributed by atoms with Gasteiger partial charge in [-0.2, -0.15) is 0 Å². The first kappa shape index (κ1) is 23.2. The molecule has 1 aliphatic rings. The molecule has 0 unspecified atom stereocenters. The molecule has 0 atom stereocenters. The third kappa shape index (κ3) is 5.69. The Hall–Kier alpha value is -2.97. The second-order valence-electron chi connectivity index (χ2n) is 7.70. The normalized spacial score (nSPS) is 12.8. The summed E-state index contributed by atoms with van der Waals surface area (Å²) in [6, 6.07) is 19.1. The number of halogens is 1. The van der Waals surface area contributed by atoms with Crippen LogP contribution in [0.15, 0.2) is 70.0 Å². The van der Waals surface area contributed by atoms with Crippen LogP contribution in [0.25, 0.3) is 0 Å². The van der Waals surface area contributed by atoms with E-state index >= 15 is 0 Å². The molecular formula is C25H24BrN3O3S. The number of hydrogen-bond acceptors (Lipinski definition) is 4. The van der Waals surface area contributed by atoms with E-state index in [2.05, 4.69) is 26.6 Å². The van der Waals surface area contributed by atoms with Gasteiger partial charge >= 0.3 is 6.03 Å². The maximum absolute atomic E-state index is 12.7. The lowest BCUT2D eigenvalue weighted by molar-refractivity contribution is -0.116. The largest absolute Gasteiger partial charge is 0.496 e. The number of methoxy groups -OCH3 is 1. The number of amides is 3. The zero-order valence-corrected chi connectivity index (χ0v) is 20.8. The number of anilines is 2. The van der Waals surface area contributed by atoms with Gasteiger partial charge in [0.05, 0.1) is 25.1 Å². The standard InChI is InChI=1S/C25H24BrN3O3S/c1-16-3-5-17(6-4-16)14-29-21-12-20(8-10-23(21)33-15-24(29)30)28-25(31)27-13-18-11-19(26)7-9-22(18)32-2/h3-12H,13-15H2,1-2H3,(H2,27,28,31). The highest BCUT2D eigenvalue weighted by atomic mass is 79.9. The number of rotatable bonds is 6. The molecule has 33 heavy (non-hydrogen) atoms. The summed E-state index contributed by atoms with van der Waals surface area (Å²) in [7, 11) is 1.60. The van der Waals surface area contributed by atoms with Gasteiger partial charge in [0, 0.05) is 27.2 Å². The number of fused-ring (bicyclic) bond motifs is 1. The number of carbonyl (C=O) groups is 2. The van der Waals surface area contributed by atoms with E-state index in [1.807, 2.05) is 67.6 Å². The van der Waals surface area contributed by atoms with Gasteiger partial charge in [0.1, 0.15) is 5.75 Å². The molecule has 0 saturated heterocycles. The van der Waals surface area contributed by atoms with Gasteiger partial charge in [0.25, 0.3) is 0 Å². The van der Waals surface area contributed by atoms with Crippen molar-refractivity contribution in [2.75, 3.05) is 23.1 Å². The number of benzene rings is 3. The van der Waals surface area contributed by atoms with Crippen LogP contribution in [0.5, 0.6) is 5.75 Å². The average Bonchev–Trinajstić information content (AvgIpc) is 2.81. The van der Waals surface area contributed by atoms with Crippen molar-refractivity contribution >= 4 is 51.0 Å². The Morgan fingerprint density at radius 3 is 2.67 bits per heavy atom. The average molecular weight is 526 g/mol. The predicted molar refractivity (Wildman–Crippen MR) is 136 cm³/mol. The number of nitrogens with one attached hydrogen (secondary N) is 2. The molecule has 3 aromatic carbocycles. The van der Waals surface area contributed by atoms with Crippen LogP contribution < -0.4 is 20.3 Å². The van der Waals surface area contributed by atoms with E-state index in [1.165, 1.54) is 17.3 Å². The van der Waals surface area contributed by atoms with Crippen molar-refractivity contribution in [2.45, 2.75) is 24.9 Å². The number of thioether (sulfide) groups is 1. The summed E-state index contributed by atoms with van der Waals surface area (Å²) in [6.45, 7) is 2.84. The van der Waals surface area contributed by atoms with E-state index in [0.29, 0.717) is 30.3 Å². The molecule has 0 radical (unpaired) electrons. The first-order chi connectivity index (χ1) is 15.9. The Kier molecular flexibility index (Phi) is 7.25. The second-order valence-corrected chi connectivity index (χ2v) is 9.63. The first-order valence-electron chi connectivity index (χ1n) is 10.4. The van der Waals surface area contributed by atoms with Crippen LogP contribution in [-0.2, 0) is 17.9 Å². The van der Waals surface area contributed by atoms with E-state index in [-0.39, 0.29) is 11.9 Å². The van der Waals surface area contributed by atoms with E-state index < -0.39 is 0 Å². The monoisotopic (exact) mass is 525 g/mol. The Morgan fingerprint density at radius 1 is 1.12 bits per heavy atom. The third-order valence-electron chi connectivity index (χ3n) is 5.30. The molecule has 1 aliphatic heterocycles. The van der Waals surface area contributed by atoms with Crippen LogP contribution in [-0.4, -0.2) is 24.8 Å². The fraction of sp³-hybridized carbons (Fsp3) is 0.200. The Bertz CT molecular complexity index is 1180. The number of aryl methyl sites for hydroxylation is 1. The van der Waals surface area contributed by atoms with Crippen molar-refractivity contribution < 1.29 is 14.3 Å². The molecular weight excluding hydrogens is 502 g/mol. The van der Waals surface area contributed by atoms with Crippen LogP contribution >= 0.6 is 27.7 Å². The molecule has 0 spiro atoms. The van der Waals surface area contributed by atoms with Crippen molar-refractivity contribution in [1.82, 2.24) is 5.32 Å². The molecule has 8 heteroatoms. The van der Waals surface area contributed by atoms with Crippen molar-refractivity contribution in [3.63, 3.8) is 0 Å². The number of urea groups is 1. The minimum absolute atomic E-state index is 0.0522. The highest BCUT2D eigenvalue weighted by molar-refractivity contribution is 9.10. The van der Waals surface area contributed by atoms with Crippen LogP contribution in [0.3, 0.4) is 0 Å². The number of hydrogen-bond donors (Lipinski definition) is 2. The lowest BCUT2D eigenvalue weighted by Crippen LogP contribution is -2.35. The fourth-order valence-corrected chi connectivity index (χ4v) is 4.89. The van der Waals surface area contributed by atoms with Gasteiger partial charge < -0.3 is 20.3 Å². The summed E-state index contributed by atoms with van der Waals surface area (Å²) in [5.74, 6) is 1.16. The van der Waals surface area contributed by atoms with Crippen molar-refractivity contribution in [1.29, 1.82) is 0 Å². The maximum atomic E-state index is 12.7. The zero-order valence-electron chi connectivity index (χ0n) is 18.4. The molecule has 2 N–H and O–H groups in total. The van der Waals surface area contributed by atoms with E-state index in [9.17, 15) is 9.59 Å². The Labute approximate surface area is 205 Å². The van der Waals surface area contributed by atoms with E-state index in [0.717, 1.165) is 26.2 Å². The zero-order chi connectivity index (χ0) is 23.4. The van der Waals surface area contributed by atoms with Gasteiger partial charge in [-0.1, -0.05) is 45.8 Å². The molecule has 0 saturated carbocycles. The Morgan fingerprint density at radius 2 is 1.91 bits per heavy atom. The summed E-state index contributed by atoms with van der Waals surface area (Å²) >= 11 is 4.96. The topological polar surface area (TPSA) is 70.7 Å². The van der Waals surface area contributed by atoms with E-state index in [4.69, 9.17) is 4.74 Å². The van der Waals surface area contributed by atoms with Gasteiger partial charge in [0.2, 0.25) is 5.91 Å². The van der Waals surface area contributed by atoms with Crippen LogP contribution in [0.1, 0.15) is 16.7 Å². The second kappa shape index (κ2) is 10.3. The third-order valence-corrected chi connectivity index (χ3v) is 6.84. The van der Waals surface area contributed by atoms with Crippen molar-refractivity contribution in [3.8, 4) is 5.75 Å². The quantitative estimate of drug-likeness (QED) is 0.431. The summed E-state index contributed by atoms with van der Waals surface area (Å²) in [5.41, 5.74) is 4.53. The van der Waals surface area contributed by atoms with Crippen LogP contribution in [0, 0.1) is 6.92 Å². The summed E-state index contributed by atoms with van der Waals surface area (Å²) < 4.78 is 6.27. The molecule has 1 heterocycles. The molecule has 0 aromatic heterocycles. The summed E-state index contributed by atoms with van der Waals surface area (Å²) in [4.78, 5) is 28.0. The summed E-state index contributed by atoms with van der Waals surface area (Å²) in [5, 5.41) is 5.73. The number of nitrogens with zero attached hydrogens (tertiary/aromatic N) is 1. The van der Waals surface area contributed by atoms with Crippen molar-refractivity contribution in [3.05, 3.63) is 81.8 Å². The SMILES string of the molecule is COc1ccc(Br)cc1CNC(=O)Nc1ccc2c(c1)N(Cc1ccc(C)cc1)C(=O)CS2. The van der Waals surface area contributed by atoms with Gasteiger partial charge in [-0.3, -0.25) is 4.79 Å². The number of ether oxygens (including phenoxy) is 1. The highest BCUT2D eigenvalue weighted by Gasteiger charge is 2.25. The van der Waals surface area contributed by atoms with Gasteiger partial charge in [0.15, 0.2) is 0 Å². The van der Waals surface area contributed by atoms with E-state index in [1.54, 1.807) is 12.0 Å². The van der Waals surface area contributed by atoms with Crippen LogP contribution in [0.4, 0.5) is 16.2 Å². The van der Waals surface area contributed by atoms with Crippen LogP contribution in [0.2, 0.25) is 0 Å². The molecule has 3 amide bonds. The lowest BCUT2D eigenvalue weighted by Gasteiger charge is -2.29. The minimum Gasteiger partial charge on any atom is -0.496 e. The first-order valence-corrected chi connectivity index (χ1v) is 12.2. The molecule has 0 aliphatic carbocycles. The molecule has 4 rings (SSSR count). The maximum Gasteiger partial charge on any atom is 0.319 e. The van der Waals surface area contributed by atoms with Crippen molar-refractivity contribution in [2.24, 2.45) is 0 Å². The fourth-order valence-electron chi connectivity index (χ4n) is 3.57. The molecule has 170 valence electrons. The summed E-state index contributed by atoms with van der Waals surface area (Å²) in [6.07, 6.45) is 0. The minimum atomic E-state index is -0.336. The smallest absolute Gasteiger partial charge is 0.319 e. The van der Waals surface area contributed by atoms with Gasteiger partial charge in [-0.05, 0) is 48.9 Å².